The van der Waals surface area contributed by atoms with Crippen molar-refractivity contribution in [3.05, 3.63) is 58.6 Å². The van der Waals surface area contributed by atoms with Crippen molar-refractivity contribution in [2.75, 3.05) is 0 Å². The van der Waals surface area contributed by atoms with E-state index >= 15 is 0 Å². The molecule has 19 heavy (non-hydrogen) atoms. The number of para-hydroxylation sites is 1. The fraction of sp³-hybridized carbons (Fsp3) is 0.250. The minimum Gasteiger partial charge on any atom is -0.456 e. The van der Waals surface area contributed by atoms with E-state index in [1.54, 1.807) is 0 Å². The molecule has 1 saturated carbocycles. The van der Waals surface area contributed by atoms with Crippen LogP contribution in [-0.4, -0.2) is 6.04 Å². The molecule has 3 rings (SSSR count). The van der Waals surface area contributed by atoms with Crippen LogP contribution in [0.5, 0.6) is 11.5 Å². The van der Waals surface area contributed by atoms with Gasteiger partial charge in [-0.1, -0.05) is 24.3 Å². The fourth-order valence-corrected chi connectivity index (χ4v) is 2.25. The minimum atomic E-state index is 0.746. The zero-order chi connectivity index (χ0) is 13.1. The van der Waals surface area contributed by atoms with Crippen LogP contribution in [0.25, 0.3) is 0 Å². The van der Waals surface area contributed by atoms with Crippen LogP contribution in [0.4, 0.5) is 0 Å². The highest BCUT2D eigenvalue weighted by Crippen LogP contribution is 2.29. The first-order chi connectivity index (χ1) is 9.31. The highest BCUT2D eigenvalue weighted by molar-refractivity contribution is 9.10. The second-order valence-corrected chi connectivity index (χ2v) is 5.69. The summed E-state index contributed by atoms with van der Waals surface area (Å²) in [6.07, 6.45) is 2.65. The van der Waals surface area contributed by atoms with Gasteiger partial charge in [0.15, 0.2) is 0 Å². The zero-order valence-electron chi connectivity index (χ0n) is 10.6. The lowest BCUT2D eigenvalue weighted by Crippen LogP contribution is -2.14. The third-order valence-electron chi connectivity index (χ3n) is 3.16. The highest BCUT2D eigenvalue weighted by atomic mass is 79.9. The summed E-state index contributed by atoms with van der Waals surface area (Å²) in [7, 11) is 0. The fourth-order valence-electron chi connectivity index (χ4n) is 1.88. The lowest BCUT2D eigenvalue weighted by Gasteiger charge is -2.08. The predicted octanol–water partition coefficient (Wildman–Crippen LogP) is 4.49. The van der Waals surface area contributed by atoms with Crippen molar-refractivity contribution >= 4 is 15.9 Å². The largest absolute Gasteiger partial charge is 0.456 e. The molecule has 0 saturated heterocycles. The molecule has 1 N–H and O–H groups in total. The standard InChI is InChI=1S/C16H16BrNO/c17-15-3-1-2-4-16(15)19-14-9-5-12(6-10-14)11-18-13-7-8-13/h1-6,9-10,13,18H,7-8,11H2. The number of hydrogen-bond acceptors (Lipinski definition) is 2. The van der Waals surface area contributed by atoms with E-state index in [9.17, 15) is 0 Å². The number of nitrogens with one attached hydrogen (secondary N) is 1. The summed E-state index contributed by atoms with van der Waals surface area (Å²) >= 11 is 3.48. The molecule has 2 aromatic carbocycles. The van der Waals surface area contributed by atoms with Gasteiger partial charge >= 0.3 is 0 Å². The molecule has 1 aliphatic rings. The van der Waals surface area contributed by atoms with E-state index in [2.05, 4.69) is 33.4 Å². The van der Waals surface area contributed by atoms with Gasteiger partial charge in [0.1, 0.15) is 11.5 Å². The highest BCUT2D eigenvalue weighted by Gasteiger charge is 2.19. The van der Waals surface area contributed by atoms with E-state index in [0.29, 0.717) is 0 Å². The average Bonchev–Trinajstić information content (AvgIpc) is 3.25. The Kier molecular flexibility index (Phi) is 3.85. The summed E-state index contributed by atoms with van der Waals surface area (Å²) in [5, 5.41) is 3.50. The maximum absolute atomic E-state index is 5.83. The van der Waals surface area contributed by atoms with Gasteiger partial charge < -0.3 is 10.1 Å². The zero-order valence-corrected chi connectivity index (χ0v) is 12.2. The molecule has 0 atom stereocenters. The van der Waals surface area contributed by atoms with Crippen LogP contribution in [0.1, 0.15) is 18.4 Å². The molecule has 2 nitrogen and oxygen atoms in total. The molecule has 2 aromatic rings. The maximum Gasteiger partial charge on any atom is 0.141 e. The molecule has 0 aromatic heterocycles. The summed E-state index contributed by atoms with van der Waals surface area (Å²) in [4.78, 5) is 0. The predicted molar refractivity (Wildman–Crippen MR) is 80.5 cm³/mol. The Morgan fingerprint density at radius 1 is 1.05 bits per heavy atom. The third-order valence-corrected chi connectivity index (χ3v) is 3.82. The molecule has 1 fully saturated rings. The van der Waals surface area contributed by atoms with Crippen molar-refractivity contribution in [1.82, 2.24) is 5.32 Å². The van der Waals surface area contributed by atoms with Crippen LogP contribution in [0.2, 0.25) is 0 Å². The number of rotatable bonds is 5. The molecular formula is C16H16BrNO. The van der Waals surface area contributed by atoms with Crippen LogP contribution in [0, 0.1) is 0 Å². The van der Waals surface area contributed by atoms with E-state index < -0.39 is 0 Å². The smallest absolute Gasteiger partial charge is 0.141 e. The lowest BCUT2D eigenvalue weighted by atomic mass is 10.2. The Balaban J connectivity index is 1.63. The van der Waals surface area contributed by atoms with Crippen molar-refractivity contribution in [2.24, 2.45) is 0 Å². The lowest BCUT2D eigenvalue weighted by molar-refractivity contribution is 0.479. The third kappa shape index (κ3) is 3.58. The topological polar surface area (TPSA) is 21.3 Å². The molecule has 0 spiro atoms. The molecule has 0 amide bonds. The van der Waals surface area contributed by atoms with Gasteiger partial charge in [0.2, 0.25) is 0 Å². The van der Waals surface area contributed by atoms with Gasteiger partial charge in [0.05, 0.1) is 4.47 Å². The molecule has 0 heterocycles. The number of hydrogen-bond donors (Lipinski definition) is 1. The first-order valence-electron chi connectivity index (χ1n) is 6.56. The quantitative estimate of drug-likeness (QED) is 0.877. The van der Waals surface area contributed by atoms with Crippen LogP contribution < -0.4 is 10.1 Å². The van der Waals surface area contributed by atoms with E-state index in [1.807, 2.05) is 36.4 Å². The first-order valence-corrected chi connectivity index (χ1v) is 7.35. The van der Waals surface area contributed by atoms with E-state index in [4.69, 9.17) is 4.74 Å². The SMILES string of the molecule is Brc1ccccc1Oc1ccc(CNC2CC2)cc1. The Labute approximate surface area is 121 Å². The van der Waals surface area contributed by atoms with Crippen LogP contribution in [0.3, 0.4) is 0 Å². The molecule has 0 unspecified atom stereocenters. The summed E-state index contributed by atoms with van der Waals surface area (Å²) < 4.78 is 6.80. The van der Waals surface area contributed by atoms with Gasteiger partial charge in [0.25, 0.3) is 0 Å². The second-order valence-electron chi connectivity index (χ2n) is 4.83. The van der Waals surface area contributed by atoms with Crippen molar-refractivity contribution in [3.63, 3.8) is 0 Å². The van der Waals surface area contributed by atoms with Gasteiger partial charge in [-0.3, -0.25) is 0 Å². The van der Waals surface area contributed by atoms with Gasteiger partial charge in [-0.05, 0) is 58.6 Å². The van der Waals surface area contributed by atoms with Crippen molar-refractivity contribution < 1.29 is 4.74 Å². The van der Waals surface area contributed by atoms with E-state index in [-0.39, 0.29) is 0 Å². The Bertz CT molecular complexity index is 549. The van der Waals surface area contributed by atoms with Gasteiger partial charge in [0, 0.05) is 12.6 Å². The second kappa shape index (κ2) is 5.76. The molecular weight excluding hydrogens is 302 g/mol. The molecule has 98 valence electrons. The Morgan fingerprint density at radius 3 is 2.47 bits per heavy atom. The van der Waals surface area contributed by atoms with E-state index in [0.717, 1.165) is 28.6 Å². The summed E-state index contributed by atoms with van der Waals surface area (Å²) in [6.45, 7) is 0.944. The number of halogens is 1. The van der Waals surface area contributed by atoms with Gasteiger partial charge in [-0.15, -0.1) is 0 Å². The van der Waals surface area contributed by atoms with Crippen molar-refractivity contribution in [2.45, 2.75) is 25.4 Å². The molecule has 1 aliphatic carbocycles. The first kappa shape index (κ1) is 12.7. The normalized spacial score (nSPS) is 14.4. The Morgan fingerprint density at radius 2 is 1.79 bits per heavy atom. The Hall–Kier alpha value is -1.32. The molecule has 0 radical (unpaired) electrons. The average molecular weight is 318 g/mol. The number of benzene rings is 2. The number of ether oxygens (including phenoxy) is 1. The van der Waals surface area contributed by atoms with Crippen molar-refractivity contribution in [1.29, 1.82) is 0 Å². The monoisotopic (exact) mass is 317 g/mol. The van der Waals surface area contributed by atoms with Gasteiger partial charge in [-0.25, -0.2) is 0 Å². The van der Waals surface area contributed by atoms with Crippen LogP contribution >= 0.6 is 15.9 Å². The minimum absolute atomic E-state index is 0.746. The summed E-state index contributed by atoms with van der Waals surface area (Å²) in [6, 6.07) is 16.9. The molecule has 0 bridgehead atoms. The van der Waals surface area contributed by atoms with Crippen molar-refractivity contribution in [3.8, 4) is 11.5 Å². The van der Waals surface area contributed by atoms with E-state index in [1.165, 1.54) is 18.4 Å². The molecule has 3 heteroatoms. The maximum atomic E-state index is 5.83. The van der Waals surface area contributed by atoms with Crippen LogP contribution in [-0.2, 0) is 6.54 Å². The van der Waals surface area contributed by atoms with Gasteiger partial charge in [-0.2, -0.15) is 0 Å². The summed E-state index contributed by atoms with van der Waals surface area (Å²) in [5.74, 6) is 1.70. The molecule has 0 aliphatic heterocycles. The van der Waals surface area contributed by atoms with Crippen LogP contribution in [0.15, 0.2) is 53.0 Å². The summed E-state index contributed by atoms with van der Waals surface area (Å²) in [5.41, 5.74) is 1.30.